The van der Waals surface area contributed by atoms with E-state index in [9.17, 15) is 10.1 Å². The van der Waals surface area contributed by atoms with Gasteiger partial charge < -0.3 is 15.0 Å². The van der Waals surface area contributed by atoms with E-state index in [1.54, 1.807) is 30.0 Å². The van der Waals surface area contributed by atoms with Crippen molar-refractivity contribution in [3.8, 4) is 0 Å². The van der Waals surface area contributed by atoms with Crippen molar-refractivity contribution in [2.45, 2.75) is 13.3 Å². The van der Waals surface area contributed by atoms with Crippen molar-refractivity contribution in [2.75, 3.05) is 39.4 Å². The van der Waals surface area contributed by atoms with Gasteiger partial charge in [-0.05, 0) is 25.2 Å². The molecule has 0 aromatic heterocycles. The van der Waals surface area contributed by atoms with Gasteiger partial charge in [0.1, 0.15) is 13.1 Å². The van der Waals surface area contributed by atoms with Gasteiger partial charge in [-0.15, -0.1) is 0 Å². The molecule has 0 spiro atoms. The maximum absolute atomic E-state index is 11.1. The number of quaternary nitrogens is 1. The van der Waals surface area contributed by atoms with E-state index in [1.165, 1.54) is 6.07 Å². The van der Waals surface area contributed by atoms with Crippen LogP contribution in [0.1, 0.15) is 18.9 Å². The summed E-state index contributed by atoms with van der Waals surface area (Å²) in [7, 11) is 0. The van der Waals surface area contributed by atoms with Crippen LogP contribution in [0.15, 0.2) is 29.4 Å². The van der Waals surface area contributed by atoms with Crippen molar-refractivity contribution in [3.05, 3.63) is 39.9 Å². The average molecular weight is 366 g/mol. The molecule has 136 valence electrons. The zero-order valence-electron chi connectivity index (χ0n) is 14.3. The molecule has 1 saturated heterocycles. The first kappa shape index (κ1) is 19.2. The van der Waals surface area contributed by atoms with E-state index in [4.69, 9.17) is 17.0 Å². The van der Waals surface area contributed by atoms with Crippen LogP contribution in [-0.2, 0) is 4.74 Å². The summed E-state index contributed by atoms with van der Waals surface area (Å²) in [6, 6.07) is 6.50. The predicted octanol–water partition coefficient (Wildman–Crippen LogP) is 0.0881. The molecule has 0 aliphatic carbocycles. The van der Waals surface area contributed by atoms with Gasteiger partial charge in [0.25, 0.3) is 5.69 Å². The van der Waals surface area contributed by atoms with Crippen molar-refractivity contribution < 1.29 is 14.6 Å². The number of hydrogen-bond donors (Lipinski definition) is 3. The first-order valence-corrected chi connectivity index (χ1v) is 8.72. The van der Waals surface area contributed by atoms with Crippen LogP contribution in [0.4, 0.5) is 5.69 Å². The third-order valence-corrected chi connectivity index (χ3v) is 4.24. The number of nitrogens with one attached hydrogen (secondary N) is 3. The Morgan fingerprint density at radius 3 is 2.84 bits per heavy atom. The molecule has 0 unspecified atom stereocenters. The van der Waals surface area contributed by atoms with Crippen LogP contribution >= 0.6 is 12.2 Å². The minimum absolute atomic E-state index is 0.0258. The van der Waals surface area contributed by atoms with E-state index in [-0.39, 0.29) is 5.69 Å². The molecule has 25 heavy (non-hydrogen) atoms. The lowest BCUT2D eigenvalue weighted by atomic mass is 10.1. The van der Waals surface area contributed by atoms with E-state index >= 15 is 0 Å². The van der Waals surface area contributed by atoms with E-state index in [2.05, 4.69) is 15.8 Å². The summed E-state index contributed by atoms with van der Waals surface area (Å²) in [5.74, 6) is 0. The Morgan fingerprint density at radius 1 is 1.40 bits per heavy atom. The van der Waals surface area contributed by atoms with Crippen LogP contribution in [-0.4, -0.2) is 55.1 Å². The fraction of sp³-hybridized carbons (Fsp3) is 0.500. The van der Waals surface area contributed by atoms with Crippen molar-refractivity contribution in [2.24, 2.45) is 5.10 Å². The lowest BCUT2D eigenvalue weighted by molar-refractivity contribution is -0.908. The third-order valence-electron chi connectivity index (χ3n) is 4.01. The van der Waals surface area contributed by atoms with Crippen LogP contribution in [0.5, 0.6) is 0 Å². The number of nitro groups is 1. The highest BCUT2D eigenvalue weighted by Gasteiger charge is 2.15. The standard InChI is InChI=1S/C16H23N5O3S/c1-13(14-5-2-3-6-15(14)21(22)23)18-19-16(25)17-7-4-8-20-9-11-24-12-10-20/h2-3,5-6H,4,7-12H2,1H3,(H2,17,19,25)/p+1/b18-13-. The van der Waals surface area contributed by atoms with E-state index in [1.807, 2.05) is 0 Å². The maximum Gasteiger partial charge on any atom is 0.278 e. The first-order chi connectivity index (χ1) is 12.1. The minimum Gasteiger partial charge on any atom is -0.370 e. The second kappa shape index (κ2) is 10.0. The first-order valence-electron chi connectivity index (χ1n) is 8.31. The molecule has 1 aromatic rings. The van der Waals surface area contributed by atoms with Crippen LogP contribution < -0.4 is 15.6 Å². The highest BCUT2D eigenvalue weighted by Crippen LogP contribution is 2.18. The fourth-order valence-electron chi connectivity index (χ4n) is 2.62. The van der Waals surface area contributed by atoms with Gasteiger partial charge in [-0.25, -0.2) is 0 Å². The minimum atomic E-state index is -0.418. The predicted molar refractivity (Wildman–Crippen MR) is 100 cm³/mol. The number of para-hydroxylation sites is 1. The van der Waals surface area contributed by atoms with Crippen molar-refractivity contribution in [1.82, 2.24) is 10.7 Å². The lowest BCUT2D eigenvalue weighted by Gasteiger charge is -2.23. The Kier molecular flexibility index (Phi) is 7.71. The molecule has 1 aliphatic heterocycles. The van der Waals surface area contributed by atoms with Gasteiger partial charge >= 0.3 is 0 Å². The molecule has 1 aliphatic rings. The SMILES string of the molecule is C/C(=N/NC(=S)NCCC[NH+]1CCOCC1)c1ccccc1[N+](=O)[O-]. The average Bonchev–Trinajstić information content (AvgIpc) is 2.64. The Balaban J connectivity index is 1.74. The van der Waals surface area contributed by atoms with Gasteiger partial charge in [-0.1, -0.05) is 12.1 Å². The van der Waals surface area contributed by atoms with Crippen LogP contribution in [0.25, 0.3) is 0 Å². The number of thiocarbonyl (C=S) groups is 1. The van der Waals surface area contributed by atoms with E-state index < -0.39 is 4.92 Å². The number of nitro benzene ring substituents is 1. The molecule has 0 bridgehead atoms. The molecule has 1 aromatic carbocycles. The zero-order valence-corrected chi connectivity index (χ0v) is 15.1. The van der Waals surface area contributed by atoms with Gasteiger partial charge in [0, 0.05) is 19.0 Å². The van der Waals surface area contributed by atoms with Crippen molar-refractivity contribution >= 4 is 28.7 Å². The number of ether oxygens (including phenoxy) is 1. The monoisotopic (exact) mass is 366 g/mol. The Morgan fingerprint density at radius 2 is 2.12 bits per heavy atom. The second-order valence-electron chi connectivity index (χ2n) is 5.81. The number of nitrogens with zero attached hydrogens (tertiary/aromatic N) is 2. The maximum atomic E-state index is 11.1. The van der Waals surface area contributed by atoms with E-state index in [0.29, 0.717) is 16.4 Å². The Labute approximate surface area is 152 Å². The summed E-state index contributed by atoms with van der Waals surface area (Å²) >= 11 is 5.19. The molecule has 0 radical (unpaired) electrons. The number of rotatable bonds is 7. The number of hydrazone groups is 1. The third kappa shape index (κ3) is 6.37. The number of hydrogen-bond acceptors (Lipinski definition) is 5. The molecular weight excluding hydrogens is 342 g/mol. The molecule has 8 nitrogen and oxygen atoms in total. The van der Waals surface area contributed by atoms with E-state index in [0.717, 1.165) is 45.8 Å². The quantitative estimate of drug-likeness (QED) is 0.208. The summed E-state index contributed by atoms with van der Waals surface area (Å²) in [4.78, 5) is 12.2. The molecule has 2 rings (SSSR count). The van der Waals surface area contributed by atoms with Crippen molar-refractivity contribution in [3.63, 3.8) is 0 Å². The zero-order chi connectivity index (χ0) is 18.1. The normalized spacial score (nSPS) is 15.6. The molecule has 0 saturated carbocycles. The van der Waals surface area contributed by atoms with Crippen LogP contribution in [0.3, 0.4) is 0 Å². The van der Waals surface area contributed by atoms with Gasteiger partial charge in [0.15, 0.2) is 5.11 Å². The lowest BCUT2D eigenvalue weighted by Crippen LogP contribution is -3.14. The van der Waals surface area contributed by atoms with Crippen LogP contribution in [0, 0.1) is 10.1 Å². The Hall–Kier alpha value is -2.10. The highest BCUT2D eigenvalue weighted by molar-refractivity contribution is 7.80. The summed E-state index contributed by atoms with van der Waals surface area (Å²) in [6.07, 6.45) is 1.00. The highest BCUT2D eigenvalue weighted by atomic mass is 32.1. The fourth-order valence-corrected chi connectivity index (χ4v) is 2.77. The van der Waals surface area contributed by atoms with Gasteiger partial charge in [0.2, 0.25) is 0 Å². The van der Waals surface area contributed by atoms with Crippen LogP contribution in [0.2, 0.25) is 0 Å². The molecule has 0 atom stereocenters. The molecule has 0 amide bonds. The summed E-state index contributed by atoms with van der Waals surface area (Å²) in [5.41, 5.74) is 3.75. The summed E-state index contributed by atoms with van der Waals surface area (Å²) in [6.45, 7) is 7.34. The number of morpholine rings is 1. The molecule has 3 N–H and O–H groups in total. The number of benzene rings is 1. The summed E-state index contributed by atoms with van der Waals surface area (Å²) in [5, 5.41) is 18.7. The molecule has 9 heteroatoms. The van der Waals surface area contributed by atoms with Crippen molar-refractivity contribution in [1.29, 1.82) is 0 Å². The molecular formula is C16H24N5O3S+. The summed E-state index contributed by atoms with van der Waals surface area (Å²) < 4.78 is 5.33. The molecule has 1 fully saturated rings. The topological polar surface area (TPSA) is 93.2 Å². The van der Waals surface area contributed by atoms with Gasteiger partial charge in [0.05, 0.1) is 36.0 Å². The van der Waals surface area contributed by atoms with Gasteiger partial charge in [-0.2, -0.15) is 5.10 Å². The van der Waals surface area contributed by atoms with Gasteiger partial charge in [-0.3, -0.25) is 15.5 Å². The second-order valence-corrected chi connectivity index (χ2v) is 6.21. The molecule has 1 heterocycles. The Bertz CT molecular complexity index is 632. The largest absolute Gasteiger partial charge is 0.370 e. The smallest absolute Gasteiger partial charge is 0.278 e.